The van der Waals surface area contributed by atoms with Gasteiger partial charge in [-0.15, -0.1) is 0 Å². The van der Waals surface area contributed by atoms with E-state index in [0.29, 0.717) is 0 Å². The van der Waals surface area contributed by atoms with E-state index in [4.69, 9.17) is 17.3 Å². The lowest BCUT2D eigenvalue weighted by molar-refractivity contribution is -0.136. The third-order valence-corrected chi connectivity index (χ3v) is 2.85. The van der Waals surface area contributed by atoms with Crippen molar-refractivity contribution >= 4 is 28.7 Å². The minimum Gasteiger partial charge on any atom is -0.399 e. The van der Waals surface area contributed by atoms with E-state index in [0.717, 1.165) is 12.1 Å². The molecule has 0 atom stereocenters. The van der Waals surface area contributed by atoms with Crippen LogP contribution in [-0.4, -0.2) is 0 Å². The summed E-state index contributed by atoms with van der Waals surface area (Å²) >= 11 is 5.51. The lowest BCUT2D eigenvalue weighted by atomic mass is 10.1. The van der Waals surface area contributed by atoms with E-state index >= 15 is 0 Å². The van der Waals surface area contributed by atoms with Gasteiger partial charge in [0, 0.05) is 11.4 Å². The maximum absolute atomic E-state index is 13.3. The predicted molar refractivity (Wildman–Crippen MR) is 70.5 cm³/mol. The molecule has 0 unspecified atom stereocenters. The highest BCUT2D eigenvalue weighted by molar-refractivity contribution is 6.30. The van der Waals surface area contributed by atoms with Crippen LogP contribution < -0.4 is 11.1 Å². The Labute approximate surface area is 117 Å². The molecule has 0 aromatic heterocycles. The van der Waals surface area contributed by atoms with Gasteiger partial charge in [-0.25, -0.2) is 4.39 Å². The summed E-state index contributed by atoms with van der Waals surface area (Å²) in [6, 6.07) is 6.97. The van der Waals surface area contributed by atoms with Crippen LogP contribution in [0.5, 0.6) is 0 Å². The van der Waals surface area contributed by atoms with Crippen LogP contribution in [-0.2, 0) is 6.18 Å². The van der Waals surface area contributed by atoms with Crippen molar-refractivity contribution in [1.82, 2.24) is 0 Å². The molecule has 0 radical (unpaired) electrons. The quantitative estimate of drug-likeness (QED) is 0.616. The molecule has 0 bridgehead atoms. The molecule has 0 amide bonds. The third kappa shape index (κ3) is 3.14. The van der Waals surface area contributed by atoms with Gasteiger partial charge in [0.2, 0.25) is 0 Å². The molecule has 2 aromatic rings. The highest BCUT2D eigenvalue weighted by Crippen LogP contribution is 2.37. The zero-order valence-electron chi connectivity index (χ0n) is 9.93. The van der Waals surface area contributed by atoms with Gasteiger partial charge in [-0.05, 0) is 36.4 Å². The van der Waals surface area contributed by atoms with Crippen LogP contribution in [0.15, 0.2) is 36.4 Å². The molecule has 2 rings (SSSR count). The van der Waals surface area contributed by atoms with Crippen molar-refractivity contribution in [3.05, 3.63) is 52.8 Å². The van der Waals surface area contributed by atoms with E-state index in [1.54, 1.807) is 0 Å². The molecule has 3 N–H and O–H groups in total. The Bertz CT molecular complexity index is 641. The van der Waals surface area contributed by atoms with E-state index < -0.39 is 17.6 Å². The number of rotatable bonds is 2. The smallest absolute Gasteiger partial charge is 0.399 e. The van der Waals surface area contributed by atoms with E-state index in [-0.39, 0.29) is 22.1 Å². The Hall–Kier alpha value is -1.95. The number of benzene rings is 2. The summed E-state index contributed by atoms with van der Waals surface area (Å²) < 4.78 is 51.9. The summed E-state index contributed by atoms with van der Waals surface area (Å²) in [4.78, 5) is 0. The van der Waals surface area contributed by atoms with Gasteiger partial charge in [0.15, 0.2) is 0 Å². The van der Waals surface area contributed by atoms with Crippen molar-refractivity contribution in [2.45, 2.75) is 6.18 Å². The van der Waals surface area contributed by atoms with Crippen LogP contribution in [0, 0.1) is 5.82 Å². The predicted octanol–water partition coefficient (Wildman–Crippen LogP) is 4.82. The Balaban J connectivity index is 2.40. The lowest BCUT2D eigenvalue weighted by Gasteiger charge is -2.15. The summed E-state index contributed by atoms with van der Waals surface area (Å²) in [5.74, 6) is -0.722. The normalized spacial score (nSPS) is 11.4. The van der Waals surface area contributed by atoms with E-state index in [2.05, 4.69) is 5.32 Å². The van der Waals surface area contributed by atoms with Gasteiger partial charge in [-0.1, -0.05) is 11.6 Å². The van der Waals surface area contributed by atoms with Crippen molar-refractivity contribution in [3.63, 3.8) is 0 Å². The molecule has 0 aliphatic carbocycles. The minimum atomic E-state index is -4.57. The second kappa shape index (κ2) is 5.20. The molecule has 2 aromatic carbocycles. The summed E-state index contributed by atoms with van der Waals surface area (Å²) in [5.41, 5.74) is 4.36. The highest BCUT2D eigenvalue weighted by atomic mass is 35.5. The standard InChI is InChI=1S/C13H9ClF4N2/c14-10-3-2-8(6-11(10)15)20-12-4-1-7(19)5-9(12)13(16,17)18/h1-6,20H,19H2. The van der Waals surface area contributed by atoms with Crippen LogP contribution in [0.2, 0.25) is 5.02 Å². The highest BCUT2D eigenvalue weighted by Gasteiger charge is 2.33. The van der Waals surface area contributed by atoms with Gasteiger partial charge in [-0.3, -0.25) is 0 Å². The van der Waals surface area contributed by atoms with Crippen LogP contribution in [0.25, 0.3) is 0 Å². The molecular formula is C13H9ClF4N2. The Morgan fingerprint density at radius 2 is 1.75 bits per heavy atom. The molecule has 0 fully saturated rings. The second-order valence-electron chi connectivity index (χ2n) is 4.06. The lowest BCUT2D eigenvalue weighted by Crippen LogP contribution is -2.09. The van der Waals surface area contributed by atoms with E-state index in [1.807, 2.05) is 0 Å². The molecule has 0 aliphatic rings. The average molecular weight is 305 g/mol. The first-order valence-electron chi connectivity index (χ1n) is 5.46. The van der Waals surface area contributed by atoms with Crippen molar-refractivity contribution in [1.29, 1.82) is 0 Å². The zero-order valence-corrected chi connectivity index (χ0v) is 10.7. The molecule has 106 valence electrons. The van der Waals surface area contributed by atoms with Crippen molar-refractivity contribution in [3.8, 4) is 0 Å². The summed E-state index contributed by atoms with van der Waals surface area (Å²) in [6.07, 6.45) is -4.57. The fourth-order valence-electron chi connectivity index (χ4n) is 1.63. The number of alkyl halides is 3. The van der Waals surface area contributed by atoms with Crippen LogP contribution >= 0.6 is 11.6 Å². The molecule has 7 heteroatoms. The maximum Gasteiger partial charge on any atom is 0.418 e. The minimum absolute atomic E-state index is 0.00911. The summed E-state index contributed by atoms with van der Waals surface area (Å²) in [5, 5.41) is 2.39. The van der Waals surface area contributed by atoms with Crippen LogP contribution in [0.3, 0.4) is 0 Å². The third-order valence-electron chi connectivity index (χ3n) is 2.55. The first-order valence-corrected chi connectivity index (χ1v) is 5.84. The summed E-state index contributed by atoms with van der Waals surface area (Å²) in [6.45, 7) is 0. The first-order chi connectivity index (χ1) is 9.27. The van der Waals surface area contributed by atoms with Crippen molar-refractivity contribution in [2.24, 2.45) is 0 Å². The molecule has 2 nitrogen and oxygen atoms in total. The van der Waals surface area contributed by atoms with Gasteiger partial charge < -0.3 is 11.1 Å². The molecule has 0 aliphatic heterocycles. The number of hydrogen-bond donors (Lipinski definition) is 2. The van der Waals surface area contributed by atoms with Crippen molar-refractivity contribution in [2.75, 3.05) is 11.1 Å². The number of nitrogens with one attached hydrogen (secondary N) is 1. The largest absolute Gasteiger partial charge is 0.418 e. The average Bonchev–Trinajstić information content (AvgIpc) is 2.35. The first kappa shape index (κ1) is 14.5. The van der Waals surface area contributed by atoms with Crippen molar-refractivity contribution < 1.29 is 17.6 Å². The van der Waals surface area contributed by atoms with Crippen LogP contribution in [0.4, 0.5) is 34.6 Å². The number of anilines is 3. The Morgan fingerprint density at radius 1 is 1.05 bits per heavy atom. The summed E-state index contributed by atoms with van der Waals surface area (Å²) in [7, 11) is 0. The number of nitrogens with two attached hydrogens (primary N) is 1. The fraction of sp³-hybridized carbons (Fsp3) is 0.0769. The zero-order chi connectivity index (χ0) is 14.9. The SMILES string of the molecule is Nc1ccc(Nc2ccc(Cl)c(F)c2)c(C(F)(F)F)c1. The second-order valence-corrected chi connectivity index (χ2v) is 4.46. The Morgan fingerprint density at radius 3 is 2.35 bits per heavy atom. The topological polar surface area (TPSA) is 38.0 Å². The number of halogens is 5. The van der Waals surface area contributed by atoms with Gasteiger partial charge in [0.1, 0.15) is 5.82 Å². The monoisotopic (exact) mass is 304 g/mol. The fourth-order valence-corrected chi connectivity index (χ4v) is 1.75. The molecule has 0 heterocycles. The van der Waals surface area contributed by atoms with Gasteiger partial charge in [-0.2, -0.15) is 13.2 Å². The molecule has 0 spiro atoms. The van der Waals surface area contributed by atoms with Gasteiger partial charge >= 0.3 is 6.18 Å². The molecule has 0 saturated carbocycles. The van der Waals surface area contributed by atoms with E-state index in [1.165, 1.54) is 24.3 Å². The van der Waals surface area contributed by atoms with Gasteiger partial charge in [0.05, 0.1) is 16.3 Å². The van der Waals surface area contributed by atoms with Gasteiger partial charge in [0.25, 0.3) is 0 Å². The van der Waals surface area contributed by atoms with Crippen LogP contribution in [0.1, 0.15) is 5.56 Å². The Kier molecular flexibility index (Phi) is 3.76. The maximum atomic E-state index is 13.3. The van der Waals surface area contributed by atoms with E-state index in [9.17, 15) is 17.6 Å². The molecule has 0 saturated heterocycles. The number of hydrogen-bond acceptors (Lipinski definition) is 2. The number of nitrogen functional groups attached to an aromatic ring is 1. The molecule has 20 heavy (non-hydrogen) atoms. The molecular weight excluding hydrogens is 296 g/mol.